The van der Waals surface area contributed by atoms with Gasteiger partial charge in [-0.2, -0.15) is 0 Å². The summed E-state index contributed by atoms with van der Waals surface area (Å²) in [5, 5.41) is 4.05. The van der Waals surface area contributed by atoms with E-state index in [0.717, 1.165) is 16.3 Å². The average molecular weight is 328 g/mol. The molecule has 1 N–H and O–H groups in total. The Kier molecular flexibility index (Phi) is 5.18. The minimum Gasteiger partial charge on any atom is -0.497 e. The molecule has 1 atom stereocenters. The second-order valence-corrected chi connectivity index (χ2v) is 6.61. The summed E-state index contributed by atoms with van der Waals surface area (Å²) in [5.74, 6) is 1.82. The molecule has 120 valence electrons. The smallest absolute Gasteiger partial charge is 0.230 e. The number of hydrogen-bond acceptors (Lipinski definition) is 4. The molecule has 3 rings (SSSR count). The highest BCUT2D eigenvalue weighted by Crippen LogP contribution is 2.41. The maximum absolute atomic E-state index is 12.3. The van der Waals surface area contributed by atoms with Gasteiger partial charge in [0.05, 0.1) is 23.9 Å². The number of aromatic nitrogens is 1. The molecule has 1 aliphatic rings. The van der Waals surface area contributed by atoms with Gasteiger partial charge in [-0.1, -0.05) is 30.0 Å². The summed E-state index contributed by atoms with van der Waals surface area (Å²) in [5.41, 5.74) is 1.14. The highest BCUT2D eigenvalue weighted by molar-refractivity contribution is 7.99. The second-order valence-electron chi connectivity index (χ2n) is 5.61. The predicted molar refractivity (Wildman–Crippen MR) is 91.6 cm³/mol. The van der Waals surface area contributed by atoms with E-state index in [2.05, 4.69) is 10.3 Å². The highest BCUT2D eigenvalue weighted by atomic mass is 32.2. The highest BCUT2D eigenvalue weighted by Gasteiger charge is 2.33. The van der Waals surface area contributed by atoms with E-state index in [0.29, 0.717) is 11.7 Å². The number of nitrogens with one attached hydrogen (secondary N) is 1. The van der Waals surface area contributed by atoms with Crippen LogP contribution >= 0.6 is 11.8 Å². The Hall–Kier alpha value is -2.01. The molecule has 1 heterocycles. The Bertz CT molecular complexity index is 642. The van der Waals surface area contributed by atoms with Crippen molar-refractivity contribution >= 4 is 17.7 Å². The third-order valence-corrected chi connectivity index (χ3v) is 4.82. The number of carbonyl (C=O) groups excluding carboxylic acids is 1. The fourth-order valence-corrected chi connectivity index (χ4v) is 3.17. The van der Waals surface area contributed by atoms with E-state index in [4.69, 9.17) is 4.74 Å². The summed E-state index contributed by atoms with van der Waals surface area (Å²) in [6.07, 6.45) is 4.08. The summed E-state index contributed by atoms with van der Waals surface area (Å²) < 4.78 is 5.20. The van der Waals surface area contributed by atoms with Crippen LogP contribution in [0.4, 0.5) is 0 Å². The Morgan fingerprint density at radius 3 is 2.70 bits per heavy atom. The SMILES string of the molecule is COc1ccc(C(NC(=O)CSc2ccccn2)C2CC2)cc1. The van der Waals surface area contributed by atoms with Gasteiger partial charge in [-0.3, -0.25) is 4.79 Å². The van der Waals surface area contributed by atoms with Crippen LogP contribution < -0.4 is 10.1 Å². The summed E-state index contributed by atoms with van der Waals surface area (Å²) in [4.78, 5) is 16.5. The van der Waals surface area contributed by atoms with Gasteiger partial charge in [-0.25, -0.2) is 4.98 Å². The Balaban J connectivity index is 1.59. The topological polar surface area (TPSA) is 51.2 Å². The minimum absolute atomic E-state index is 0.0494. The van der Waals surface area contributed by atoms with Crippen LogP contribution in [0.5, 0.6) is 5.75 Å². The van der Waals surface area contributed by atoms with Crippen LogP contribution in [0.25, 0.3) is 0 Å². The van der Waals surface area contributed by atoms with Crippen molar-refractivity contribution in [2.45, 2.75) is 23.9 Å². The van der Waals surface area contributed by atoms with Gasteiger partial charge in [-0.05, 0) is 48.6 Å². The normalized spacial score (nSPS) is 15.0. The van der Waals surface area contributed by atoms with Gasteiger partial charge in [0.1, 0.15) is 5.75 Å². The number of ether oxygens (including phenoxy) is 1. The molecular weight excluding hydrogens is 308 g/mol. The molecule has 0 spiro atoms. The lowest BCUT2D eigenvalue weighted by Gasteiger charge is -2.19. The van der Waals surface area contributed by atoms with Gasteiger partial charge in [-0.15, -0.1) is 0 Å². The predicted octanol–water partition coefficient (Wildman–Crippen LogP) is 3.45. The fourth-order valence-electron chi connectivity index (χ4n) is 2.50. The molecular formula is C18H20N2O2S. The molecule has 4 nitrogen and oxygen atoms in total. The number of methoxy groups -OCH3 is 1. The molecule has 0 radical (unpaired) electrons. The summed E-state index contributed by atoms with van der Waals surface area (Å²) in [7, 11) is 1.66. The van der Waals surface area contributed by atoms with Gasteiger partial charge in [0.2, 0.25) is 5.91 Å². The monoisotopic (exact) mass is 328 g/mol. The number of amides is 1. The number of thioether (sulfide) groups is 1. The number of pyridine rings is 1. The van der Waals surface area contributed by atoms with Crippen molar-refractivity contribution in [1.29, 1.82) is 0 Å². The lowest BCUT2D eigenvalue weighted by molar-refractivity contribution is -0.119. The number of hydrogen-bond donors (Lipinski definition) is 1. The van der Waals surface area contributed by atoms with Crippen LogP contribution in [0, 0.1) is 5.92 Å². The number of benzene rings is 1. The van der Waals surface area contributed by atoms with E-state index >= 15 is 0 Å². The molecule has 2 aromatic rings. The molecule has 23 heavy (non-hydrogen) atoms. The van der Waals surface area contributed by atoms with Crippen LogP contribution in [-0.4, -0.2) is 23.8 Å². The van der Waals surface area contributed by atoms with Gasteiger partial charge in [0.25, 0.3) is 0 Å². The van der Waals surface area contributed by atoms with Crippen molar-refractivity contribution in [2.24, 2.45) is 5.92 Å². The molecule has 0 saturated heterocycles. The first-order valence-corrected chi connectivity index (χ1v) is 8.72. The van der Waals surface area contributed by atoms with E-state index in [1.54, 1.807) is 13.3 Å². The summed E-state index contributed by atoms with van der Waals surface area (Å²) >= 11 is 1.46. The fraction of sp³-hybridized carbons (Fsp3) is 0.333. The van der Waals surface area contributed by atoms with E-state index in [9.17, 15) is 4.79 Å². The molecule has 1 aromatic heterocycles. The largest absolute Gasteiger partial charge is 0.497 e. The zero-order valence-corrected chi connectivity index (χ0v) is 13.9. The Morgan fingerprint density at radius 2 is 2.09 bits per heavy atom. The number of rotatable bonds is 7. The maximum Gasteiger partial charge on any atom is 0.230 e. The second kappa shape index (κ2) is 7.51. The zero-order chi connectivity index (χ0) is 16.1. The number of nitrogens with zero attached hydrogens (tertiary/aromatic N) is 1. The lowest BCUT2D eigenvalue weighted by Crippen LogP contribution is -2.31. The third kappa shape index (κ3) is 4.48. The molecule has 1 amide bonds. The van der Waals surface area contributed by atoms with Crippen LogP contribution in [0.15, 0.2) is 53.7 Å². The van der Waals surface area contributed by atoms with E-state index in [1.165, 1.54) is 24.6 Å². The number of carbonyl (C=O) groups is 1. The molecule has 1 saturated carbocycles. The standard InChI is InChI=1S/C18H20N2O2S/c1-22-15-9-7-14(8-10-15)18(13-5-6-13)20-16(21)12-23-17-4-2-3-11-19-17/h2-4,7-11,13,18H,5-6,12H2,1H3,(H,20,21). The first-order valence-electron chi connectivity index (χ1n) is 7.73. The molecule has 1 unspecified atom stereocenters. The van der Waals surface area contributed by atoms with Crippen molar-refractivity contribution in [2.75, 3.05) is 12.9 Å². The van der Waals surface area contributed by atoms with Crippen LogP contribution in [0.2, 0.25) is 0 Å². The molecule has 1 fully saturated rings. The van der Waals surface area contributed by atoms with Gasteiger partial charge in [0.15, 0.2) is 0 Å². The third-order valence-electron chi connectivity index (χ3n) is 3.87. The van der Waals surface area contributed by atoms with Crippen molar-refractivity contribution in [3.05, 3.63) is 54.2 Å². The van der Waals surface area contributed by atoms with E-state index in [1.807, 2.05) is 42.5 Å². The quantitative estimate of drug-likeness (QED) is 0.791. The Morgan fingerprint density at radius 1 is 1.30 bits per heavy atom. The summed E-state index contributed by atoms with van der Waals surface area (Å²) in [6, 6.07) is 13.8. The molecule has 0 aliphatic heterocycles. The van der Waals surface area contributed by atoms with Gasteiger partial charge >= 0.3 is 0 Å². The first kappa shape index (κ1) is 15.9. The molecule has 1 aromatic carbocycles. The Labute approximate surface area is 140 Å². The van der Waals surface area contributed by atoms with Crippen LogP contribution in [0.3, 0.4) is 0 Å². The molecule has 1 aliphatic carbocycles. The summed E-state index contributed by atoms with van der Waals surface area (Å²) in [6.45, 7) is 0. The van der Waals surface area contributed by atoms with Gasteiger partial charge in [0, 0.05) is 6.20 Å². The van der Waals surface area contributed by atoms with E-state index in [-0.39, 0.29) is 11.9 Å². The van der Waals surface area contributed by atoms with E-state index < -0.39 is 0 Å². The lowest BCUT2D eigenvalue weighted by atomic mass is 10.0. The van der Waals surface area contributed by atoms with Crippen molar-refractivity contribution in [3.63, 3.8) is 0 Å². The maximum atomic E-state index is 12.3. The van der Waals surface area contributed by atoms with Crippen molar-refractivity contribution < 1.29 is 9.53 Å². The minimum atomic E-state index is 0.0494. The van der Waals surface area contributed by atoms with Gasteiger partial charge < -0.3 is 10.1 Å². The first-order chi connectivity index (χ1) is 11.3. The molecule has 0 bridgehead atoms. The average Bonchev–Trinajstić information content (AvgIpc) is 3.44. The molecule has 5 heteroatoms. The van der Waals surface area contributed by atoms with Crippen LogP contribution in [0.1, 0.15) is 24.4 Å². The van der Waals surface area contributed by atoms with Crippen molar-refractivity contribution in [3.8, 4) is 5.75 Å². The van der Waals surface area contributed by atoms with Crippen molar-refractivity contribution in [1.82, 2.24) is 10.3 Å². The zero-order valence-electron chi connectivity index (χ0n) is 13.1. The van der Waals surface area contributed by atoms with Crippen LogP contribution in [-0.2, 0) is 4.79 Å².